The Kier molecular flexibility index (Phi) is 8.28. The fraction of sp³-hybridized carbons (Fsp3) is 0.520. The van der Waals surface area contributed by atoms with Crippen molar-refractivity contribution in [3.8, 4) is 11.8 Å². The standard InChI is InChI=1S/C25H32ClN5O4/c1-25(2,3)12-19(24(34)29-15(13-27)10-14-6-5-9-28-22(14)32)31-23(33)18-11-16-17(30-18)7-8-20(35-4)21(16)26/h7-8,11,14-15,19,30H,5-6,9-10,12H2,1-4H3,(H,28,32)(H,29,34)(H,31,33). The van der Waals surface area contributed by atoms with Crippen molar-refractivity contribution in [1.82, 2.24) is 20.9 Å². The van der Waals surface area contributed by atoms with Crippen LogP contribution in [0.15, 0.2) is 18.2 Å². The molecule has 3 unspecified atom stereocenters. The Bertz CT molecular complexity index is 1150. The predicted octanol–water partition coefficient (Wildman–Crippen LogP) is 3.29. The molecule has 188 valence electrons. The van der Waals surface area contributed by atoms with Crippen molar-refractivity contribution in [3.05, 3.63) is 28.9 Å². The number of benzene rings is 1. The van der Waals surface area contributed by atoms with Gasteiger partial charge in [0.2, 0.25) is 11.8 Å². The number of rotatable bonds is 8. The van der Waals surface area contributed by atoms with E-state index in [9.17, 15) is 19.6 Å². The maximum atomic E-state index is 13.2. The third kappa shape index (κ3) is 6.67. The largest absolute Gasteiger partial charge is 0.495 e. The van der Waals surface area contributed by atoms with Gasteiger partial charge in [0, 0.05) is 23.4 Å². The molecule has 9 nitrogen and oxygen atoms in total. The zero-order valence-electron chi connectivity index (χ0n) is 20.5. The van der Waals surface area contributed by atoms with Crippen LogP contribution in [0.1, 0.15) is 56.9 Å². The Morgan fingerprint density at radius 2 is 2.06 bits per heavy atom. The average Bonchev–Trinajstić information content (AvgIpc) is 3.24. The number of nitrogens with zero attached hydrogens (tertiary/aromatic N) is 1. The second kappa shape index (κ2) is 11.0. The van der Waals surface area contributed by atoms with E-state index in [0.29, 0.717) is 41.1 Å². The number of carbonyl (C=O) groups excluding carboxylic acids is 3. The van der Waals surface area contributed by atoms with Gasteiger partial charge >= 0.3 is 0 Å². The number of carbonyl (C=O) groups is 3. The molecule has 4 N–H and O–H groups in total. The molecule has 0 radical (unpaired) electrons. The van der Waals surface area contributed by atoms with Gasteiger partial charge in [0.25, 0.3) is 5.91 Å². The highest BCUT2D eigenvalue weighted by molar-refractivity contribution is 6.37. The van der Waals surface area contributed by atoms with E-state index in [-0.39, 0.29) is 29.4 Å². The van der Waals surface area contributed by atoms with Crippen LogP contribution in [-0.2, 0) is 9.59 Å². The van der Waals surface area contributed by atoms with E-state index in [1.165, 1.54) is 7.11 Å². The predicted molar refractivity (Wildman–Crippen MR) is 133 cm³/mol. The van der Waals surface area contributed by atoms with Gasteiger partial charge in [0.1, 0.15) is 23.5 Å². The van der Waals surface area contributed by atoms with Crippen LogP contribution in [0.4, 0.5) is 0 Å². The molecule has 0 spiro atoms. The molecule has 0 saturated carbocycles. The van der Waals surface area contributed by atoms with Crippen LogP contribution in [0.2, 0.25) is 5.02 Å². The summed E-state index contributed by atoms with van der Waals surface area (Å²) in [6.07, 6.45) is 2.09. The quantitative estimate of drug-likeness (QED) is 0.440. The normalized spacial score (nSPS) is 17.7. The second-order valence-electron chi connectivity index (χ2n) is 10.1. The number of H-pyrrole nitrogens is 1. The van der Waals surface area contributed by atoms with Crippen LogP contribution in [-0.4, -0.2) is 48.4 Å². The van der Waals surface area contributed by atoms with E-state index in [0.717, 1.165) is 6.42 Å². The van der Waals surface area contributed by atoms with E-state index >= 15 is 0 Å². The van der Waals surface area contributed by atoms with Crippen molar-refractivity contribution < 1.29 is 19.1 Å². The van der Waals surface area contributed by atoms with E-state index in [2.05, 4.69) is 27.0 Å². The minimum Gasteiger partial charge on any atom is -0.495 e. The van der Waals surface area contributed by atoms with Gasteiger partial charge in [-0.05, 0) is 49.3 Å². The fourth-order valence-electron chi connectivity index (χ4n) is 4.25. The molecule has 1 aromatic carbocycles. The molecule has 3 amide bonds. The van der Waals surface area contributed by atoms with Crippen LogP contribution in [0, 0.1) is 22.7 Å². The van der Waals surface area contributed by atoms with Gasteiger partial charge in [-0.2, -0.15) is 5.26 Å². The van der Waals surface area contributed by atoms with Gasteiger partial charge < -0.3 is 25.7 Å². The highest BCUT2D eigenvalue weighted by Gasteiger charge is 2.31. The van der Waals surface area contributed by atoms with Gasteiger partial charge in [-0.25, -0.2) is 0 Å². The van der Waals surface area contributed by atoms with Crippen LogP contribution in [0.3, 0.4) is 0 Å². The summed E-state index contributed by atoms with van der Waals surface area (Å²) in [5.41, 5.74) is 0.628. The number of aromatic amines is 1. The minimum absolute atomic E-state index is 0.0978. The molecule has 10 heteroatoms. The Morgan fingerprint density at radius 3 is 2.69 bits per heavy atom. The lowest BCUT2D eigenvalue weighted by molar-refractivity contribution is -0.128. The van der Waals surface area contributed by atoms with Crippen molar-refractivity contribution in [2.75, 3.05) is 13.7 Å². The van der Waals surface area contributed by atoms with Crippen molar-refractivity contribution in [2.24, 2.45) is 11.3 Å². The molecule has 1 saturated heterocycles. The minimum atomic E-state index is -0.880. The van der Waals surface area contributed by atoms with Crippen molar-refractivity contribution in [1.29, 1.82) is 5.26 Å². The molecule has 0 bridgehead atoms. The molecule has 1 fully saturated rings. The highest BCUT2D eigenvalue weighted by atomic mass is 35.5. The molecule has 1 aliphatic heterocycles. The summed E-state index contributed by atoms with van der Waals surface area (Å²) in [6, 6.07) is 5.44. The molecular weight excluding hydrogens is 470 g/mol. The van der Waals surface area contributed by atoms with Gasteiger partial charge in [-0.15, -0.1) is 0 Å². The number of piperidine rings is 1. The average molecular weight is 502 g/mol. The Balaban J connectivity index is 1.75. The molecule has 1 aliphatic rings. The van der Waals surface area contributed by atoms with Gasteiger partial charge in [-0.1, -0.05) is 32.4 Å². The zero-order chi connectivity index (χ0) is 25.8. The number of nitrogens with one attached hydrogen (secondary N) is 4. The molecule has 0 aliphatic carbocycles. The Labute approximate surface area is 209 Å². The fourth-order valence-corrected chi connectivity index (χ4v) is 4.54. The van der Waals surface area contributed by atoms with Gasteiger partial charge in [0.05, 0.1) is 18.2 Å². The summed E-state index contributed by atoms with van der Waals surface area (Å²) >= 11 is 6.37. The van der Waals surface area contributed by atoms with Crippen molar-refractivity contribution >= 4 is 40.2 Å². The van der Waals surface area contributed by atoms with E-state index in [1.807, 2.05) is 20.8 Å². The van der Waals surface area contributed by atoms with Gasteiger partial charge in [-0.3, -0.25) is 14.4 Å². The first-order valence-electron chi connectivity index (χ1n) is 11.7. The number of amides is 3. The number of aromatic nitrogens is 1. The summed E-state index contributed by atoms with van der Waals surface area (Å²) in [5, 5.41) is 18.9. The van der Waals surface area contributed by atoms with Crippen molar-refractivity contribution in [2.45, 2.75) is 58.5 Å². The molecule has 2 heterocycles. The molecule has 3 atom stereocenters. The van der Waals surface area contributed by atoms with E-state index in [1.54, 1.807) is 18.2 Å². The summed E-state index contributed by atoms with van der Waals surface area (Å²) in [7, 11) is 1.51. The molecule has 35 heavy (non-hydrogen) atoms. The SMILES string of the molecule is COc1ccc2[nH]c(C(=O)NC(CC(C)(C)C)C(=O)NC(C#N)CC3CCCNC3=O)cc2c1Cl. The molecule has 2 aromatic rings. The van der Waals surface area contributed by atoms with Crippen LogP contribution in [0.5, 0.6) is 5.75 Å². The van der Waals surface area contributed by atoms with E-state index in [4.69, 9.17) is 16.3 Å². The third-order valence-electron chi connectivity index (χ3n) is 6.00. The first-order chi connectivity index (χ1) is 16.5. The summed E-state index contributed by atoms with van der Waals surface area (Å²) < 4.78 is 5.23. The summed E-state index contributed by atoms with van der Waals surface area (Å²) in [4.78, 5) is 41.4. The number of halogens is 1. The molecular formula is C25H32ClN5O4. The highest BCUT2D eigenvalue weighted by Crippen LogP contribution is 2.33. The number of hydrogen-bond donors (Lipinski definition) is 4. The first-order valence-corrected chi connectivity index (χ1v) is 12.0. The number of nitriles is 1. The maximum absolute atomic E-state index is 13.2. The van der Waals surface area contributed by atoms with Gasteiger partial charge in [0.15, 0.2) is 0 Å². The summed E-state index contributed by atoms with van der Waals surface area (Å²) in [5.74, 6) is -0.867. The van der Waals surface area contributed by atoms with E-state index < -0.39 is 23.9 Å². The second-order valence-corrected chi connectivity index (χ2v) is 10.5. The van der Waals surface area contributed by atoms with Crippen LogP contribution >= 0.6 is 11.6 Å². The summed E-state index contributed by atoms with van der Waals surface area (Å²) in [6.45, 7) is 6.51. The lowest BCUT2D eigenvalue weighted by Crippen LogP contribution is -2.51. The molecule has 3 rings (SSSR count). The lowest BCUT2D eigenvalue weighted by atomic mass is 9.87. The Morgan fingerprint density at radius 1 is 1.31 bits per heavy atom. The monoisotopic (exact) mass is 501 g/mol. The first kappa shape index (κ1) is 26.4. The smallest absolute Gasteiger partial charge is 0.268 e. The lowest BCUT2D eigenvalue weighted by Gasteiger charge is -2.28. The topological polar surface area (TPSA) is 136 Å². The van der Waals surface area contributed by atoms with Crippen molar-refractivity contribution in [3.63, 3.8) is 0 Å². The van der Waals surface area contributed by atoms with Crippen LogP contribution < -0.4 is 20.7 Å². The Hall–Kier alpha value is -3.25. The number of ether oxygens (including phenoxy) is 1. The number of fused-ring (bicyclic) bond motifs is 1. The van der Waals surface area contributed by atoms with Crippen LogP contribution in [0.25, 0.3) is 10.9 Å². The number of methoxy groups -OCH3 is 1. The maximum Gasteiger partial charge on any atom is 0.268 e. The third-order valence-corrected chi connectivity index (χ3v) is 6.39. The zero-order valence-corrected chi connectivity index (χ0v) is 21.2. The molecule has 1 aromatic heterocycles. The number of hydrogen-bond acceptors (Lipinski definition) is 5.